The van der Waals surface area contributed by atoms with Crippen molar-refractivity contribution in [1.82, 2.24) is 4.90 Å². The lowest BCUT2D eigenvalue weighted by atomic mass is 10.1. The minimum Gasteiger partial charge on any atom is -0.340 e. The van der Waals surface area contributed by atoms with Crippen molar-refractivity contribution in [1.29, 1.82) is 0 Å². The molecule has 1 amide bonds. The van der Waals surface area contributed by atoms with Gasteiger partial charge < -0.3 is 4.90 Å². The van der Waals surface area contributed by atoms with Crippen LogP contribution in [0.1, 0.15) is 12.0 Å². The summed E-state index contributed by atoms with van der Waals surface area (Å²) in [7, 11) is -3.47. The molecule has 1 saturated heterocycles. The highest BCUT2D eigenvalue weighted by Gasteiger charge is 2.40. The third-order valence-corrected chi connectivity index (χ3v) is 6.70. The largest absolute Gasteiger partial charge is 0.340 e. The van der Waals surface area contributed by atoms with Crippen molar-refractivity contribution >= 4 is 27.3 Å². The zero-order valence-corrected chi connectivity index (χ0v) is 14.9. The van der Waals surface area contributed by atoms with Crippen LogP contribution in [0.4, 0.5) is 4.39 Å². The van der Waals surface area contributed by atoms with Crippen LogP contribution in [0.5, 0.6) is 0 Å². The van der Waals surface area contributed by atoms with Gasteiger partial charge in [0.1, 0.15) is 11.1 Å². The Balaban J connectivity index is 1.55. The molecule has 0 N–H and O–H groups in total. The first-order valence-electron chi connectivity index (χ1n) is 7.88. The zero-order valence-electron chi connectivity index (χ0n) is 13.4. The van der Waals surface area contributed by atoms with Gasteiger partial charge in [0.2, 0.25) is 5.91 Å². The number of carbonyl (C=O) groups excluding carboxylic acids is 1. The molecule has 1 heterocycles. The number of rotatable bonds is 5. The molecule has 1 aliphatic rings. The molecule has 7 heteroatoms. The van der Waals surface area contributed by atoms with Gasteiger partial charge in [-0.25, -0.2) is 12.8 Å². The highest BCUT2D eigenvalue weighted by molar-refractivity contribution is 7.92. The van der Waals surface area contributed by atoms with Crippen molar-refractivity contribution < 1.29 is 17.6 Å². The third-order valence-electron chi connectivity index (χ3n) is 4.35. The second-order valence-electron chi connectivity index (χ2n) is 6.01. The van der Waals surface area contributed by atoms with Crippen molar-refractivity contribution in [3.05, 3.63) is 64.9 Å². The molecule has 1 aliphatic heterocycles. The van der Waals surface area contributed by atoms with E-state index in [0.717, 1.165) is 0 Å². The third kappa shape index (κ3) is 3.85. The first kappa shape index (κ1) is 17.9. The van der Waals surface area contributed by atoms with Crippen molar-refractivity contribution in [2.75, 3.05) is 13.1 Å². The fourth-order valence-electron chi connectivity index (χ4n) is 2.76. The number of hydrogen-bond donors (Lipinski definition) is 0. The van der Waals surface area contributed by atoms with Crippen LogP contribution in [0.25, 0.3) is 0 Å². The average molecular weight is 382 g/mol. The molecule has 4 nitrogen and oxygen atoms in total. The summed E-state index contributed by atoms with van der Waals surface area (Å²) < 4.78 is 38.5. The van der Waals surface area contributed by atoms with Crippen molar-refractivity contribution in [3.8, 4) is 0 Å². The molecular weight excluding hydrogens is 365 g/mol. The first-order valence-corrected chi connectivity index (χ1v) is 9.81. The maximum atomic E-state index is 13.6. The van der Waals surface area contributed by atoms with Crippen LogP contribution in [-0.2, 0) is 21.1 Å². The Morgan fingerprint density at radius 1 is 1.12 bits per heavy atom. The van der Waals surface area contributed by atoms with E-state index in [4.69, 9.17) is 11.6 Å². The number of aryl methyl sites for hydroxylation is 1. The molecular formula is C18H17ClFNO3S. The van der Waals surface area contributed by atoms with Gasteiger partial charge in [-0.05, 0) is 42.3 Å². The Morgan fingerprint density at radius 2 is 1.76 bits per heavy atom. The Hall–Kier alpha value is -1.92. The first-order chi connectivity index (χ1) is 11.9. The molecule has 2 aromatic carbocycles. The normalized spacial score (nSPS) is 15.0. The Morgan fingerprint density at radius 3 is 2.40 bits per heavy atom. The van der Waals surface area contributed by atoms with E-state index in [0.29, 0.717) is 17.0 Å². The standard InChI is InChI=1S/C18H17ClFNO3S/c19-14-6-8-15(9-7-14)25(23,24)16-11-21(12-16)18(22)10-5-13-3-1-2-4-17(13)20/h1-4,6-9,16H,5,10-12H2. The monoisotopic (exact) mass is 381 g/mol. The summed E-state index contributed by atoms with van der Waals surface area (Å²) in [5.74, 6) is -0.493. The molecule has 0 aliphatic carbocycles. The molecule has 0 atom stereocenters. The van der Waals surface area contributed by atoms with Gasteiger partial charge in [0.25, 0.3) is 0 Å². The average Bonchev–Trinajstić information content (AvgIpc) is 2.53. The summed E-state index contributed by atoms with van der Waals surface area (Å²) >= 11 is 5.78. The Labute approximate surface area is 151 Å². The SMILES string of the molecule is O=C(CCc1ccccc1F)N1CC(S(=O)(=O)c2ccc(Cl)cc2)C1. The predicted octanol–water partition coefficient (Wildman–Crippen LogP) is 3.10. The van der Waals surface area contributed by atoms with Crippen molar-refractivity contribution in [3.63, 3.8) is 0 Å². The number of amides is 1. The number of halogens is 2. The van der Waals surface area contributed by atoms with E-state index in [2.05, 4.69) is 0 Å². The number of likely N-dealkylation sites (tertiary alicyclic amines) is 1. The van der Waals surface area contributed by atoms with E-state index in [9.17, 15) is 17.6 Å². The molecule has 0 radical (unpaired) electrons. The van der Waals surface area contributed by atoms with Crippen LogP contribution in [0.3, 0.4) is 0 Å². The minimum absolute atomic E-state index is 0.161. The van der Waals surface area contributed by atoms with Gasteiger partial charge in [-0.1, -0.05) is 29.8 Å². The summed E-state index contributed by atoms with van der Waals surface area (Å²) in [5.41, 5.74) is 0.488. The maximum absolute atomic E-state index is 13.6. The van der Waals surface area contributed by atoms with E-state index in [1.54, 1.807) is 18.2 Å². The van der Waals surface area contributed by atoms with E-state index in [1.165, 1.54) is 35.2 Å². The van der Waals surface area contributed by atoms with E-state index < -0.39 is 15.1 Å². The van der Waals surface area contributed by atoms with Gasteiger partial charge in [0.15, 0.2) is 9.84 Å². The molecule has 2 aromatic rings. The fourth-order valence-corrected chi connectivity index (χ4v) is 4.53. The lowest BCUT2D eigenvalue weighted by molar-refractivity contribution is -0.134. The minimum atomic E-state index is -3.47. The van der Waals surface area contributed by atoms with Gasteiger partial charge in [0, 0.05) is 24.5 Å². The van der Waals surface area contributed by atoms with E-state index in [-0.39, 0.29) is 36.1 Å². The van der Waals surface area contributed by atoms with Gasteiger partial charge in [-0.2, -0.15) is 0 Å². The molecule has 0 unspecified atom stereocenters. The maximum Gasteiger partial charge on any atom is 0.222 e. The molecule has 0 aromatic heterocycles. The van der Waals surface area contributed by atoms with Crippen LogP contribution in [0, 0.1) is 5.82 Å². The van der Waals surface area contributed by atoms with Gasteiger partial charge >= 0.3 is 0 Å². The summed E-state index contributed by atoms with van der Waals surface area (Å²) in [6.45, 7) is 0.335. The van der Waals surface area contributed by atoms with Crippen LogP contribution < -0.4 is 0 Å². The molecule has 0 bridgehead atoms. The van der Waals surface area contributed by atoms with Crippen LogP contribution in [0.2, 0.25) is 5.02 Å². The molecule has 0 saturated carbocycles. The predicted molar refractivity (Wildman–Crippen MR) is 93.7 cm³/mol. The van der Waals surface area contributed by atoms with Crippen LogP contribution in [-0.4, -0.2) is 37.6 Å². The van der Waals surface area contributed by atoms with Gasteiger partial charge in [-0.3, -0.25) is 4.79 Å². The summed E-state index contributed by atoms with van der Waals surface area (Å²) in [6, 6.07) is 12.3. The summed E-state index contributed by atoms with van der Waals surface area (Å²) in [6.07, 6.45) is 0.464. The zero-order chi connectivity index (χ0) is 18.0. The topological polar surface area (TPSA) is 54.5 Å². The lowest BCUT2D eigenvalue weighted by Gasteiger charge is -2.38. The summed E-state index contributed by atoms with van der Waals surface area (Å²) in [4.78, 5) is 13.9. The number of hydrogen-bond acceptors (Lipinski definition) is 3. The Bertz CT molecular complexity index is 877. The van der Waals surface area contributed by atoms with E-state index in [1.807, 2.05) is 0 Å². The quantitative estimate of drug-likeness (QED) is 0.799. The lowest BCUT2D eigenvalue weighted by Crippen LogP contribution is -2.56. The fraction of sp³-hybridized carbons (Fsp3) is 0.278. The number of carbonyl (C=O) groups is 1. The number of nitrogens with zero attached hydrogens (tertiary/aromatic N) is 1. The van der Waals surface area contributed by atoms with Gasteiger partial charge in [0.05, 0.1) is 4.90 Å². The molecule has 25 heavy (non-hydrogen) atoms. The molecule has 3 rings (SSSR count). The molecule has 0 spiro atoms. The molecule has 132 valence electrons. The Kier molecular flexibility index (Phi) is 5.11. The molecule has 1 fully saturated rings. The summed E-state index contributed by atoms with van der Waals surface area (Å²) in [5, 5.41) is -0.136. The number of benzene rings is 2. The highest BCUT2D eigenvalue weighted by atomic mass is 35.5. The van der Waals surface area contributed by atoms with E-state index >= 15 is 0 Å². The number of sulfone groups is 1. The smallest absolute Gasteiger partial charge is 0.222 e. The van der Waals surface area contributed by atoms with Crippen molar-refractivity contribution in [2.24, 2.45) is 0 Å². The van der Waals surface area contributed by atoms with Crippen LogP contribution >= 0.6 is 11.6 Å². The highest BCUT2D eigenvalue weighted by Crippen LogP contribution is 2.25. The second-order valence-corrected chi connectivity index (χ2v) is 8.68. The van der Waals surface area contributed by atoms with Gasteiger partial charge in [-0.15, -0.1) is 0 Å². The second kappa shape index (κ2) is 7.14. The van der Waals surface area contributed by atoms with Crippen LogP contribution in [0.15, 0.2) is 53.4 Å². The van der Waals surface area contributed by atoms with Crippen molar-refractivity contribution in [2.45, 2.75) is 23.0 Å².